The Labute approximate surface area is 119 Å². The van der Waals surface area contributed by atoms with Crippen molar-refractivity contribution in [1.82, 2.24) is 0 Å². The molecule has 0 aliphatic rings. The number of rotatable bonds is 2. The average molecular weight is 275 g/mol. The van der Waals surface area contributed by atoms with Crippen LogP contribution in [0.4, 0.5) is 0 Å². The van der Waals surface area contributed by atoms with E-state index in [1.165, 1.54) is 0 Å². The van der Waals surface area contributed by atoms with Crippen molar-refractivity contribution in [3.63, 3.8) is 0 Å². The van der Waals surface area contributed by atoms with Crippen molar-refractivity contribution in [2.45, 2.75) is 0 Å². The fraction of sp³-hybridized carbons (Fsp3) is 0. The lowest BCUT2D eigenvalue weighted by molar-refractivity contribution is 0.539. The van der Waals surface area contributed by atoms with Crippen LogP contribution in [-0.4, -0.2) is 0 Å². The predicted octanol–water partition coefficient (Wildman–Crippen LogP) is 4.82. The third-order valence-electron chi connectivity index (χ3n) is 3.33. The molecule has 0 aliphatic heterocycles. The molecule has 0 radical (unpaired) electrons. The largest absolute Gasteiger partial charge is 0.464 e. The average Bonchev–Trinajstić information content (AvgIpc) is 3.24. The fourth-order valence-electron chi connectivity index (χ4n) is 2.41. The fourth-order valence-corrected chi connectivity index (χ4v) is 2.41. The standard InChI is InChI=1S/C17H9NO3/c18-10-11-5-6-13-12(9-11)16(14-3-1-7-19-14)17(21-13)15-4-2-8-20-15/h1-9H. The Hall–Kier alpha value is -3.19. The van der Waals surface area contributed by atoms with Crippen LogP contribution in [0.5, 0.6) is 0 Å². The van der Waals surface area contributed by atoms with Gasteiger partial charge in [-0.2, -0.15) is 5.26 Å². The SMILES string of the molecule is N#Cc1ccc2oc(-c3ccco3)c(-c3ccco3)c2c1. The summed E-state index contributed by atoms with van der Waals surface area (Å²) in [4.78, 5) is 0. The van der Waals surface area contributed by atoms with E-state index in [1.54, 1.807) is 36.8 Å². The molecule has 4 heteroatoms. The number of fused-ring (bicyclic) bond motifs is 1. The van der Waals surface area contributed by atoms with Crippen molar-refractivity contribution >= 4 is 11.0 Å². The highest BCUT2D eigenvalue weighted by Gasteiger charge is 2.21. The van der Waals surface area contributed by atoms with Crippen LogP contribution in [0.15, 0.2) is 68.2 Å². The zero-order valence-electron chi connectivity index (χ0n) is 10.9. The zero-order chi connectivity index (χ0) is 14.2. The molecule has 4 aromatic rings. The highest BCUT2D eigenvalue weighted by Crippen LogP contribution is 2.41. The first-order valence-electron chi connectivity index (χ1n) is 6.41. The predicted molar refractivity (Wildman–Crippen MR) is 76.3 cm³/mol. The van der Waals surface area contributed by atoms with E-state index in [-0.39, 0.29) is 0 Å². The van der Waals surface area contributed by atoms with E-state index in [1.807, 2.05) is 18.2 Å². The van der Waals surface area contributed by atoms with Crippen LogP contribution >= 0.6 is 0 Å². The summed E-state index contributed by atoms with van der Waals surface area (Å²) in [6.45, 7) is 0. The van der Waals surface area contributed by atoms with Crippen molar-refractivity contribution in [3.8, 4) is 28.9 Å². The Balaban J connectivity index is 2.10. The molecule has 0 unspecified atom stereocenters. The van der Waals surface area contributed by atoms with Crippen molar-refractivity contribution in [2.75, 3.05) is 0 Å². The van der Waals surface area contributed by atoms with Gasteiger partial charge in [0.1, 0.15) is 11.3 Å². The number of nitrogens with zero attached hydrogens (tertiary/aromatic N) is 1. The molecular formula is C17H9NO3. The molecular weight excluding hydrogens is 266 g/mol. The molecule has 0 N–H and O–H groups in total. The summed E-state index contributed by atoms with van der Waals surface area (Å²) in [5.74, 6) is 1.89. The number of benzene rings is 1. The Bertz CT molecular complexity index is 938. The number of hydrogen-bond acceptors (Lipinski definition) is 4. The third-order valence-corrected chi connectivity index (χ3v) is 3.33. The second-order valence-corrected chi connectivity index (χ2v) is 4.58. The number of nitriles is 1. The molecule has 0 spiro atoms. The Morgan fingerprint density at radius 3 is 2.33 bits per heavy atom. The highest BCUT2D eigenvalue weighted by molar-refractivity contribution is 6.00. The quantitative estimate of drug-likeness (QED) is 0.526. The van der Waals surface area contributed by atoms with Crippen LogP contribution in [-0.2, 0) is 0 Å². The molecule has 4 rings (SSSR count). The van der Waals surface area contributed by atoms with Crippen LogP contribution in [0, 0.1) is 11.3 Å². The molecule has 0 bridgehead atoms. The van der Waals surface area contributed by atoms with Gasteiger partial charge in [-0.05, 0) is 42.5 Å². The lowest BCUT2D eigenvalue weighted by atomic mass is 10.1. The van der Waals surface area contributed by atoms with Crippen LogP contribution in [0.1, 0.15) is 5.56 Å². The second-order valence-electron chi connectivity index (χ2n) is 4.58. The summed E-state index contributed by atoms with van der Waals surface area (Å²) in [7, 11) is 0. The summed E-state index contributed by atoms with van der Waals surface area (Å²) in [5, 5.41) is 9.92. The molecule has 4 nitrogen and oxygen atoms in total. The van der Waals surface area contributed by atoms with Crippen molar-refractivity contribution < 1.29 is 13.3 Å². The summed E-state index contributed by atoms with van der Waals surface area (Å²) in [6, 6.07) is 14.7. The summed E-state index contributed by atoms with van der Waals surface area (Å²) in [5.41, 5.74) is 2.05. The molecule has 21 heavy (non-hydrogen) atoms. The van der Waals surface area contributed by atoms with E-state index in [4.69, 9.17) is 18.5 Å². The minimum atomic E-state index is 0.571. The first kappa shape index (κ1) is 11.6. The maximum Gasteiger partial charge on any atom is 0.181 e. The Morgan fingerprint density at radius 2 is 1.67 bits per heavy atom. The van der Waals surface area contributed by atoms with Gasteiger partial charge in [0.2, 0.25) is 0 Å². The van der Waals surface area contributed by atoms with Gasteiger partial charge in [-0.25, -0.2) is 0 Å². The molecule has 1 aromatic carbocycles. The van der Waals surface area contributed by atoms with Gasteiger partial charge in [0.05, 0.1) is 29.7 Å². The van der Waals surface area contributed by atoms with Crippen molar-refractivity contribution in [1.29, 1.82) is 5.26 Å². The first-order chi connectivity index (χ1) is 10.4. The van der Waals surface area contributed by atoms with Gasteiger partial charge in [0.15, 0.2) is 11.5 Å². The van der Waals surface area contributed by atoms with Crippen LogP contribution in [0.2, 0.25) is 0 Å². The summed E-state index contributed by atoms with van der Waals surface area (Å²) in [6.07, 6.45) is 3.20. The van der Waals surface area contributed by atoms with Crippen molar-refractivity contribution in [2.24, 2.45) is 0 Å². The van der Waals surface area contributed by atoms with Gasteiger partial charge in [-0.15, -0.1) is 0 Å². The molecule has 0 amide bonds. The van der Waals surface area contributed by atoms with E-state index in [0.29, 0.717) is 28.4 Å². The van der Waals surface area contributed by atoms with Gasteiger partial charge in [0, 0.05) is 5.39 Å². The molecule has 3 heterocycles. The molecule has 100 valence electrons. The summed E-state index contributed by atoms with van der Waals surface area (Å²) < 4.78 is 16.9. The minimum Gasteiger partial charge on any atom is -0.464 e. The highest BCUT2D eigenvalue weighted by atomic mass is 16.4. The maximum absolute atomic E-state index is 9.09. The number of furan rings is 3. The first-order valence-corrected chi connectivity index (χ1v) is 6.41. The normalized spacial score (nSPS) is 10.8. The molecule has 0 fully saturated rings. The van der Waals surface area contributed by atoms with Gasteiger partial charge in [-0.1, -0.05) is 0 Å². The minimum absolute atomic E-state index is 0.571. The zero-order valence-corrected chi connectivity index (χ0v) is 10.9. The Morgan fingerprint density at radius 1 is 0.905 bits per heavy atom. The number of hydrogen-bond donors (Lipinski definition) is 0. The van der Waals surface area contributed by atoms with Crippen LogP contribution in [0.3, 0.4) is 0 Å². The summed E-state index contributed by atoms with van der Waals surface area (Å²) >= 11 is 0. The van der Waals surface area contributed by atoms with E-state index >= 15 is 0 Å². The second kappa shape index (κ2) is 4.43. The molecule has 3 aromatic heterocycles. The van der Waals surface area contributed by atoms with E-state index < -0.39 is 0 Å². The molecule has 0 saturated heterocycles. The lowest BCUT2D eigenvalue weighted by Gasteiger charge is -1.97. The monoisotopic (exact) mass is 275 g/mol. The van der Waals surface area contributed by atoms with Crippen LogP contribution in [0.25, 0.3) is 33.8 Å². The van der Waals surface area contributed by atoms with Gasteiger partial charge < -0.3 is 13.3 Å². The van der Waals surface area contributed by atoms with Crippen molar-refractivity contribution in [3.05, 3.63) is 60.6 Å². The van der Waals surface area contributed by atoms with Gasteiger partial charge in [-0.3, -0.25) is 0 Å². The molecule has 0 saturated carbocycles. The van der Waals surface area contributed by atoms with E-state index in [0.717, 1.165) is 10.9 Å². The van der Waals surface area contributed by atoms with E-state index in [9.17, 15) is 0 Å². The smallest absolute Gasteiger partial charge is 0.181 e. The lowest BCUT2D eigenvalue weighted by Crippen LogP contribution is -1.77. The van der Waals surface area contributed by atoms with Gasteiger partial charge >= 0.3 is 0 Å². The van der Waals surface area contributed by atoms with E-state index in [2.05, 4.69) is 6.07 Å². The van der Waals surface area contributed by atoms with Gasteiger partial charge in [0.25, 0.3) is 0 Å². The topological polar surface area (TPSA) is 63.2 Å². The Kier molecular flexibility index (Phi) is 2.45. The van der Waals surface area contributed by atoms with Crippen LogP contribution < -0.4 is 0 Å². The molecule has 0 aliphatic carbocycles. The third kappa shape index (κ3) is 1.76. The maximum atomic E-state index is 9.09. The molecule has 0 atom stereocenters.